The first-order valence-electron chi connectivity index (χ1n) is 5.91. The maximum Gasteiger partial charge on any atom is 0.0589 e. The Balaban J connectivity index is 1.81. The molecule has 88 valence electrons. The van der Waals surface area contributed by atoms with Crippen molar-refractivity contribution in [3.63, 3.8) is 0 Å². The molecule has 1 fully saturated rings. The molecule has 1 saturated heterocycles. The summed E-state index contributed by atoms with van der Waals surface area (Å²) < 4.78 is 5.10. The summed E-state index contributed by atoms with van der Waals surface area (Å²) >= 11 is 0. The predicted octanol–water partition coefficient (Wildman–Crippen LogP) is 1.46. The predicted molar refractivity (Wildman–Crippen MR) is 67.0 cm³/mol. The average Bonchev–Trinajstić information content (AvgIpc) is 2.38. The second kappa shape index (κ2) is 5.87. The highest BCUT2D eigenvalue weighted by atomic mass is 16.5. The van der Waals surface area contributed by atoms with Crippen molar-refractivity contribution in [1.82, 2.24) is 4.90 Å². The first-order valence-corrected chi connectivity index (χ1v) is 5.91. The average molecular weight is 220 g/mol. The van der Waals surface area contributed by atoms with Crippen LogP contribution in [0, 0.1) is 0 Å². The summed E-state index contributed by atoms with van der Waals surface area (Å²) in [7, 11) is 1.76. The van der Waals surface area contributed by atoms with Crippen molar-refractivity contribution < 1.29 is 4.74 Å². The molecule has 1 aliphatic heterocycles. The van der Waals surface area contributed by atoms with E-state index in [1.807, 2.05) is 0 Å². The number of piperazine rings is 1. The molecule has 2 rings (SSSR count). The smallest absolute Gasteiger partial charge is 0.0589 e. The van der Waals surface area contributed by atoms with Gasteiger partial charge in [-0.1, -0.05) is 18.2 Å². The molecule has 0 aliphatic carbocycles. The largest absolute Gasteiger partial charge is 0.383 e. The highest BCUT2D eigenvalue weighted by Gasteiger charge is 2.16. The fourth-order valence-electron chi connectivity index (χ4n) is 2.09. The normalized spacial score (nSPS) is 17.7. The van der Waals surface area contributed by atoms with Crippen molar-refractivity contribution in [2.75, 3.05) is 51.3 Å². The molecule has 3 nitrogen and oxygen atoms in total. The van der Waals surface area contributed by atoms with Gasteiger partial charge in [-0.25, -0.2) is 0 Å². The van der Waals surface area contributed by atoms with Gasteiger partial charge in [-0.15, -0.1) is 0 Å². The van der Waals surface area contributed by atoms with E-state index in [0.717, 1.165) is 39.3 Å². The Morgan fingerprint density at radius 3 is 2.38 bits per heavy atom. The molecule has 0 aromatic heterocycles. The Morgan fingerprint density at radius 1 is 1.06 bits per heavy atom. The van der Waals surface area contributed by atoms with Gasteiger partial charge < -0.3 is 9.64 Å². The number of hydrogen-bond acceptors (Lipinski definition) is 3. The van der Waals surface area contributed by atoms with Crippen LogP contribution in [-0.4, -0.2) is 51.3 Å². The molecule has 0 amide bonds. The van der Waals surface area contributed by atoms with Crippen molar-refractivity contribution in [3.05, 3.63) is 30.3 Å². The van der Waals surface area contributed by atoms with Gasteiger partial charge in [0.25, 0.3) is 0 Å². The standard InChI is InChI=1S/C13H20N2O/c1-16-12-11-14-7-9-15(10-8-14)13-5-3-2-4-6-13/h2-6H,7-12H2,1H3. The molecule has 3 heteroatoms. The van der Waals surface area contributed by atoms with Gasteiger partial charge in [0.05, 0.1) is 6.61 Å². The molecule has 1 aliphatic rings. The molecular formula is C13H20N2O. The number of rotatable bonds is 4. The molecule has 0 spiro atoms. The molecular weight excluding hydrogens is 200 g/mol. The number of benzene rings is 1. The first kappa shape index (κ1) is 11.4. The highest BCUT2D eigenvalue weighted by molar-refractivity contribution is 5.46. The lowest BCUT2D eigenvalue weighted by Crippen LogP contribution is -2.47. The number of nitrogens with zero attached hydrogens (tertiary/aromatic N) is 2. The summed E-state index contributed by atoms with van der Waals surface area (Å²) in [6.07, 6.45) is 0. The Kier molecular flexibility index (Phi) is 4.19. The summed E-state index contributed by atoms with van der Waals surface area (Å²) in [5.41, 5.74) is 1.34. The molecule has 1 aromatic carbocycles. The van der Waals surface area contributed by atoms with E-state index in [4.69, 9.17) is 4.74 Å². The first-order chi connectivity index (χ1) is 7.90. The molecule has 0 saturated carbocycles. The Morgan fingerprint density at radius 2 is 1.75 bits per heavy atom. The third kappa shape index (κ3) is 2.97. The van der Waals surface area contributed by atoms with Crippen LogP contribution in [0.3, 0.4) is 0 Å². The topological polar surface area (TPSA) is 15.7 Å². The van der Waals surface area contributed by atoms with Crippen LogP contribution in [0.4, 0.5) is 5.69 Å². The van der Waals surface area contributed by atoms with Gasteiger partial charge in [0.2, 0.25) is 0 Å². The SMILES string of the molecule is COCCN1CCN(c2ccccc2)CC1. The van der Waals surface area contributed by atoms with Crippen molar-refractivity contribution >= 4 is 5.69 Å². The van der Waals surface area contributed by atoms with Crippen LogP contribution < -0.4 is 4.90 Å². The van der Waals surface area contributed by atoms with E-state index in [1.165, 1.54) is 5.69 Å². The van der Waals surface area contributed by atoms with Crippen LogP contribution in [0.5, 0.6) is 0 Å². The van der Waals surface area contributed by atoms with Crippen LogP contribution in [0.1, 0.15) is 0 Å². The number of ether oxygens (including phenoxy) is 1. The van der Waals surface area contributed by atoms with Crippen LogP contribution in [-0.2, 0) is 4.74 Å². The third-order valence-corrected chi connectivity index (χ3v) is 3.11. The third-order valence-electron chi connectivity index (χ3n) is 3.11. The second-order valence-corrected chi connectivity index (χ2v) is 4.16. The number of methoxy groups -OCH3 is 1. The molecule has 0 bridgehead atoms. The summed E-state index contributed by atoms with van der Waals surface area (Å²) in [6, 6.07) is 10.6. The molecule has 0 unspecified atom stereocenters. The molecule has 0 atom stereocenters. The quantitative estimate of drug-likeness (QED) is 0.764. The summed E-state index contributed by atoms with van der Waals surface area (Å²) in [5, 5.41) is 0. The summed E-state index contributed by atoms with van der Waals surface area (Å²) in [6.45, 7) is 6.41. The zero-order valence-corrected chi connectivity index (χ0v) is 9.93. The van der Waals surface area contributed by atoms with E-state index < -0.39 is 0 Å². The lowest BCUT2D eigenvalue weighted by atomic mass is 10.2. The van der Waals surface area contributed by atoms with Gasteiger partial charge >= 0.3 is 0 Å². The molecule has 1 heterocycles. The minimum absolute atomic E-state index is 0.839. The molecule has 16 heavy (non-hydrogen) atoms. The van der Waals surface area contributed by atoms with Crippen molar-refractivity contribution in [3.8, 4) is 0 Å². The van der Waals surface area contributed by atoms with Crippen LogP contribution in [0.2, 0.25) is 0 Å². The number of hydrogen-bond donors (Lipinski definition) is 0. The second-order valence-electron chi connectivity index (χ2n) is 4.16. The van der Waals surface area contributed by atoms with E-state index >= 15 is 0 Å². The van der Waals surface area contributed by atoms with Gasteiger partial charge in [0.15, 0.2) is 0 Å². The van der Waals surface area contributed by atoms with Gasteiger partial charge in [0.1, 0.15) is 0 Å². The van der Waals surface area contributed by atoms with Crippen LogP contribution >= 0.6 is 0 Å². The van der Waals surface area contributed by atoms with Gasteiger partial charge in [-0.2, -0.15) is 0 Å². The van der Waals surface area contributed by atoms with Crippen LogP contribution in [0.15, 0.2) is 30.3 Å². The fourth-order valence-corrected chi connectivity index (χ4v) is 2.09. The molecule has 0 N–H and O–H groups in total. The molecule has 0 radical (unpaired) electrons. The summed E-state index contributed by atoms with van der Waals surface area (Å²) in [5.74, 6) is 0. The van der Waals surface area contributed by atoms with Gasteiger partial charge in [-0.05, 0) is 12.1 Å². The van der Waals surface area contributed by atoms with Gasteiger partial charge in [-0.3, -0.25) is 4.90 Å². The minimum atomic E-state index is 0.839. The lowest BCUT2D eigenvalue weighted by molar-refractivity contribution is 0.144. The zero-order chi connectivity index (χ0) is 11.2. The number of para-hydroxylation sites is 1. The van der Waals surface area contributed by atoms with Crippen LogP contribution in [0.25, 0.3) is 0 Å². The van der Waals surface area contributed by atoms with Gasteiger partial charge in [0, 0.05) is 45.5 Å². The van der Waals surface area contributed by atoms with Crippen molar-refractivity contribution in [1.29, 1.82) is 0 Å². The van der Waals surface area contributed by atoms with Crippen molar-refractivity contribution in [2.24, 2.45) is 0 Å². The Hall–Kier alpha value is -1.06. The van der Waals surface area contributed by atoms with Crippen molar-refractivity contribution in [2.45, 2.75) is 0 Å². The maximum atomic E-state index is 5.10. The van der Waals surface area contributed by atoms with E-state index in [0.29, 0.717) is 0 Å². The highest BCUT2D eigenvalue weighted by Crippen LogP contribution is 2.15. The summed E-state index contributed by atoms with van der Waals surface area (Å²) in [4.78, 5) is 4.91. The Bertz CT molecular complexity index is 294. The fraction of sp³-hybridized carbons (Fsp3) is 0.538. The van der Waals surface area contributed by atoms with E-state index in [1.54, 1.807) is 7.11 Å². The number of anilines is 1. The minimum Gasteiger partial charge on any atom is -0.383 e. The van der Waals surface area contributed by atoms with E-state index in [-0.39, 0.29) is 0 Å². The zero-order valence-electron chi connectivity index (χ0n) is 9.93. The lowest BCUT2D eigenvalue weighted by Gasteiger charge is -2.35. The molecule has 1 aromatic rings. The van der Waals surface area contributed by atoms with E-state index in [9.17, 15) is 0 Å². The maximum absolute atomic E-state index is 5.10. The monoisotopic (exact) mass is 220 g/mol. The Labute approximate surface area is 97.6 Å². The van der Waals surface area contributed by atoms with E-state index in [2.05, 4.69) is 40.1 Å².